The zero-order valence-corrected chi connectivity index (χ0v) is 28.3. The lowest BCUT2D eigenvalue weighted by molar-refractivity contribution is -0.169. The summed E-state index contributed by atoms with van der Waals surface area (Å²) in [7, 11) is 2.92. The minimum atomic E-state index is -2.89. The number of aromatic nitrogens is 2. The number of carbonyl (C=O) groups excluding carboxylic acids is 3. The van der Waals surface area contributed by atoms with Crippen LogP contribution >= 0.6 is 11.6 Å². The fourth-order valence-corrected chi connectivity index (χ4v) is 7.44. The van der Waals surface area contributed by atoms with E-state index < -0.39 is 75.6 Å². The average Bonchev–Trinajstić information content (AvgIpc) is 3.03. The Morgan fingerprint density at radius 3 is 2.20 bits per heavy atom. The first kappa shape index (κ1) is 37.8. The largest absolute Gasteiger partial charge is 0.508 e. The molecule has 0 spiro atoms. The Morgan fingerprint density at radius 1 is 1.02 bits per heavy atom. The molecule has 3 aliphatic rings. The molecule has 1 aromatic heterocycles. The molecular weight excluding hydrogens is 672 g/mol. The van der Waals surface area contributed by atoms with Crippen LogP contribution < -0.4 is 17.2 Å². The molecule has 1 heterocycles. The van der Waals surface area contributed by atoms with E-state index in [9.17, 15) is 39.9 Å². The number of hydrogen-bond donors (Lipinski definition) is 8. The van der Waals surface area contributed by atoms with E-state index in [1.54, 1.807) is 19.1 Å². The summed E-state index contributed by atoms with van der Waals surface area (Å²) in [5, 5.41) is 55.6. The second kappa shape index (κ2) is 13.7. The Morgan fingerprint density at radius 2 is 1.64 bits per heavy atom. The summed E-state index contributed by atoms with van der Waals surface area (Å²) in [6, 6.07) is 10.5. The Hall–Kier alpha value is -5.06. The number of nitrogens with two attached hydrogens (primary N) is 3. The molecule has 0 aliphatic heterocycles. The minimum Gasteiger partial charge on any atom is -0.508 e. The summed E-state index contributed by atoms with van der Waals surface area (Å²) in [6.45, 7) is 3.68. The van der Waals surface area contributed by atoms with Gasteiger partial charge in [0.25, 0.3) is 5.91 Å². The van der Waals surface area contributed by atoms with Crippen molar-refractivity contribution < 1.29 is 45.4 Å². The number of primary amides is 1. The van der Waals surface area contributed by atoms with E-state index in [0.29, 0.717) is 16.4 Å². The number of hydrogen-bond acceptors (Lipinski definition) is 13. The number of anilines is 2. The molecule has 13 N–H and O–H groups in total. The van der Waals surface area contributed by atoms with Gasteiger partial charge in [-0.1, -0.05) is 49.7 Å². The third-order valence-electron chi connectivity index (χ3n) is 9.49. The summed E-state index contributed by atoms with van der Waals surface area (Å²) >= 11 is 5.86. The van der Waals surface area contributed by atoms with Crippen molar-refractivity contribution in [2.24, 2.45) is 17.6 Å². The molecule has 0 radical (unpaired) electrons. The second-order valence-electron chi connectivity index (χ2n) is 12.4. The van der Waals surface area contributed by atoms with E-state index in [-0.39, 0.29) is 22.7 Å². The first-order valence-corrected chi connectivity index (χ1v) is 15.7. The Balaban J connectivity index is 0.000000264. The lowest BCUT2D eigenvalue weighted by Gasteiger charge is -2.53. The van der Waals surface area contributed by atoms with E-state index in [1.807, 2.05) is 31.2 Å². The number of ketones is 2. The molecule has 1 saturated carbocycles. The number of amides is 1. The van der Waals surface area contributed by atoms with Crippen molar-refractivity contribution in [1.82, 2.24) is 14.9 Å². The van der Waals surface area contributed by atoms with Gasteiger partial charge in [-0.2, -0.15) is 4.98 Å². The van der Waals surface area contributed by atoms with E-state index >= 15 is 0 Å². The first-order chi connectivity index (χ1) is 23.0. The molecule has 3 aliphatic carbocycles. The van der Waals surface area contributed by atoms with Crippen LogP contribution in [0.25, 0.3) is 16.9 Å². The number of phenolic OH excluding ortho intramolecular Hbond substituents is 1. The predicted octanol–water partition coefficient (Wildman–Crippen LogP) is 1.19. The molecule has 3 aromatic rings. The Labute approximate surface area is 291 Å². The molecule has 0 saturated heterocycles. The number of halogens is 1. The zero-order valence-electron chi connectivity index (χ0n) is 27.5. The van der Waals surface area contributed by atoms with Crippen molar-refractivity contribution >= 4 is 46.6 Å². The van der Waals surface area contributed by atoms with Gasteiger partial charge >= 0.3 is 0 Å². The molecular formula is C34H39ClN6O9. The summed E-state index contributed by atoms with van der Waals surface area (Å²) in [4.78, 5) is 48.1. The number of Topliss-reactive ketones (excluding diaryl/α,β-unsaturated/α-hetero) is 2. The quantitative estimate of drug-likeness (QED) is 0.177. The number of rotatable bonds is 4. The highest BCUT2D eigenvalue weighted by atomic mass is 35.5. The molecule has 6 rings (SSSR count). The number of aryl methyl sites for hydroxylation is 1. The third-order valence-corrected chi connectivity index (χ3v) is 9.74. The van der Waals surface area contributed by atoms with Crippen molar-refractivity contribution in [2.45, 2.75) is 43.9 Å². The topological polar surface area (TPSA) is 291 Å². The first-order valence-electron chi connectivity index (χ1n) is 15.3. The highest BCUT2D eigenvalue weighted by Crippen LogP contribution is 2.56. The van der Waals surface area contributed by atoms with Gasteiger partial charge in [-0.25, -0.2) is 4.98 Å². The van der Waals surface area contributed by atoms with Crippen LogP contribution in [0, 0.1) is 11.8 Å². The van der Waals surface area contributed by atoms with E-state index in [2.05, 4.69) is 9.97 Å². The number of carbonyl (C=O) groups is 3. The molecule has 1 amide bonds. The molecule has 1 fully saturated rings. The van der Waals surface area contributed by atoms with Crippen LogP contribution in [0.4, 0.5) is 11.8 Å². The molecule has 266 valence electrons. The molecule has 15 nitrogen and oxygen atoms in total. The highest BCUT2D eigenvalue weighted by Gasteiger charge is 2.68. The highest BCUT2D eigenvalue weighted by molar-refractivity contribution is 6.30. The molecule has 0 unspecified atom stereocenters. The van der Waals surface area contributed by atoms with Gasteiger partial charge in [0, 0.05) is 22.1 Å². The SMILES string of the molecule is CCc1nc(N)nc(N)c1-c1ccc(Cl)cc1.C[C@H]1c2cccc(O)c2C(O)=C2C(=O)[C@]3(O)C(O)=C(C(N)=O)C(=O)[C@@H](N(C)C)[C@@H]3[C@@H](O)[C@@H]21.O. The smallest absolute Gasteiger partial charge is 0.255 e. The van der Waals surface area contributed by atoms with Crippen LogP contribution in [0.5, 0.6) is 5.75 Å². The lowest BCUT2D eigenvalue weighted by atomic mass is 9.54. The maximum atomic E-state index is 13.7. The van der Waals surface area contributed by atoms with Crippen molar-refractivity contribution in [2.75, 3.05) is 25.6 Å². The van der Waals surface area contributed by atoms with Crippen LogP contribution in [-0.4, -0.2) is 95.2 Å². The van der Waals surface area contributed by atoms with E-state index in [0.717, 1.165) is 23.2 Å². The fraction of sp³-hybridized carbons (Fsp3) is 0.324. The standard InChI is InChI=1S/C22H24N2O8.C12H13ClN4.H2O/c1-7-8-5-4-6-9(25)11(8)16(26)12-10(7)17(27)14-15(24(2)3)18(28)13(21(23)31)20(30)22(14,32)19(12)29;1-2-9-10(11(14)17-12(15)16-9)7-3-5-8(13)6-4-7;/h4-7,10,14-15,17,25-27,30,32H,1-3H3,(H2,23,31);3-6H,2H2,1H3,(H4,14,15,16,17);1H2/t7-,10+,14+,15-,17-,22-;;/m0../s1. The number of benzene rings is 2. The van der Waals surface area contributed by atoms with Gasteiger partial charge in [-0.3, -0.25) is 19.3 Å². The van der Waals surface area contributed by atoms with Crippen molar-refractivity contribution in [1.29, 1.82) is 0 Å². The predicted molar refractivity (Wildman–Crippen MR) is 185 cm³/mol. The van der Waals surface area contributed by atoms with Gasteiger partial charge in [0.2, 0.25) is 11.7 Å². The van der Waals surface area contributed by atoms with Crippen molar-refractivity contribution in [3.05, 3.63) is 81.2 Å². The Kier molecular flexibility index (Phi) is 10.3. The van der Waals surface area contributed by atoms with Crippen LogP contribution in [0.3, 0.4) is 0 Å². The summed E-state index contributed by atoms with van der Waals surface area (Å²) in [5.74, 6) is -8.26. The van der Waals surface area contributed by atoms with Crippen molar-refractivity contribution in [3.8, 4) is 16.9 Å². The second-order valence-corrected chi connectivity index (χ2v) is 12.9. The Bertz CT molecular complexity index is 1950. The summed E-state index contributed by atoms with van der Waals surface area (Å²) < 4.78 is 0. The van der Waals surface area contributed by atoms with Gasteiger partial charge in [-0.05, 0) is 55.8 Å². The number of aromatic hydroxyl groups is 1. The molecule has 2 aromatic carbocycles. The van der Waals surface area contributed by atoms with Crippen LogP contribution in [0.1, 0.15) is 36.6 Å². The normalized spacial score (nSPS) is 25.6. The number of aliphatic hydroxyl groups is 4. The number of nitrogen functional groups attached to an aromatic ring is 2. The van der Waals surface area contributed by atoms with Gasteiger partial charge in [0.1, 0.15) is 28.7 Å². The molecule has 16 heteroatoms. The van der Waals surface area contributed by atoms with E-state index in [4.69, 9.17) is 28.8 Å². The lowest BCUT2D eigenvalue weighted by Crippen LogP contribution is -2.70. The van der Waals surface area contributed by atoms with Gasteiger partial charge in [0.15, 0.2) is 11.4 Å². The van der Waals surface area contributed by atoms with Gasteiger partial charge in [-0.15, -0.1) is 0 Å². The third kappa shape index (κ3) is 5.72. The van der Waals surface area contributed by atoms with Gasteiger partial charge < -0.3 is 48.2 Å². The number of likely N-dealkylation sites (N-methyl/N-ethyl adjacent to an activating group) is 1. The summed E-state index contributed by atoms with van der Waals surface area (Å²) in [6.07, 6.45) is -0.845. The number of aliphatic hydroxyl groups excluding tert-OH is 3. The monoisotopic (exact) mass is 710 g/mol. The molecule has 0 bridgehead atoms. The van der Waals surface area contributed by atoms with Crippen LogP contribution in [0.15, 0.2) is 59.4 Å². The van der Waals surface area contributed by atoms with Crippen LogP contribution in [-0.2, 0) is 20.8 Å². The van der Waals surface area contributed by atoms with Crippen LogP contribution in [0.2, 0.25) is 5.02 Å². The van der Waals surface area contributed by atoms with Crippen molar-refractivity contribution in [3.63, 3.8) is 0 Å². The van der Waals surface area contributed by atoms with Gasteiger partial charge in [0.05, 0.1) is 29.3 Å². The minimum absolute atomic E-state index is 0. The maximum Gasteiger partial charge on any atom is 0.255 e. The zero-order chi connectivity index (χ0) is 36.3. The number of nitrogens with zero attached hydrogens (tertiary/aromatic N) is 3. The molecule has 6 atom stereocenters. The summed E-state index contributed by atoms with van der Waals surface area (Å²) in [5.41, 5.74) is 15.6. The number of phenols is 1. The van der Waals surface area contributed by atoms with E-state index in [1.165, 1.54) is 25.1 Å². The molecule has 50 heavy (non-hydrogen) atoms. The average molecular weight is 711 g/mol. The fourth-order valence-electron chi connectivity index (χ4n) is 7.31. The number of fused-ring (bicyclic) bond motifs is 3. The maximum absolute atomic E-state index is 13.7.